The molecule has 158 valence electrons. The van der Waals surface area contributed by atoms with E-state index >= 15 is 0 Å². The van der Waals surface area contributed by atoms with Crippen molar-refractivity contribution in [3.63, 3.8) is 0 Å². The molecule has 0 unspecified atom stereocenters. The van der Waals surface area contributed by atoms with E-state index in [0.717, 1.165) is 25.5 Å². The van der Waals surface area contributed by atoms with E-state index in [1.54, 1.807) is 14.2 Å². The van der Waals surface area contributed by atoms with Gasteiger partial charge in [-0.3, -0.25) is 9.79 Å². The van der Waals surface area contributed by atoms with Crippen molar-refractivity contribution < 1.29 is 9.53 Å². The first-order valence-corrected chi connectivity index (χ1v) is 10.4. The highest BCUT2D eigenvalue weighted by Crippen LogP contribution is 2.40. The third-order valence-corrected chi connectivity index (χ3v) is 6.04. The van der Waals surface area contributed by atoms with Gasteiger partial charge in [0.2, 0.25) is 5.91 Å². The second kappa shape index (κ2) is 13.6. The molecule has 6 nitrogen and oxygen atoms in total. The SMILES string of the molecule is CN=C(NCCNC(=O)CC1CCCC1)NCC1(CCOC)CCCC1.I. The number of hydrogen-bond acceptors (Lipinski definition) is 3. The quantitative estimate of drug-likeness (QED) is 0.189. The Labute approximate surface area is 182 Å². The molecule has 2 aliphatic rings. The lowest BCUT2D eigenvalue weighted by atomic mass is 9.83. The maximum atomic E-state index is 12.0. The fraction of sp³-hybridized carbons (Fsp3) is 0.900. The summed E-state index contributed by atoms with van der Waals surface area (Å²) in [4.78, 5) is 16.3. The number of methoxy groups -OCH3 is 1. The molecule has 2 rings (SSSR count). The number of ether oxygens (including phenoxy) is 1. The molecule has 27 heavy (non-hydrogen) atoms. The van der Waals surface area contributed by atoms with Gasteiger partial charge in [0.25, 0.3) is 0 Å². The normalized spacial score (nSPS) is 19.6. The Morgan fingerprint density at radius 2 is 1.74 bits per heavy atom. The van der Waals surface area contributed by atoms with Crippen LogP contribution in [-0.4, -0.2) is 52.3 Å². The summed E-state index contributed by atoms with van der Waals surface area (Å²) in [7, 11) is 3.57. The number of carbonyl (C=O) groups is 1. The van der Waals surface area contributed by atoms with Crippen LogP contribution in [0, 0.1) is 11.3 Å². The van der Waals surface area contributed by atoms with Gasteiger partial charge in [0.15, 0.2) is 5.96 Å². The maximum Gasteiger partial charge on any atom is 0.220 e. The molecule has 2 saturated carbocycles. The summed E-state index contributed by atoms with van der Waals surface area (Å²) in [6.07, 6.45) is 11.9. The summed E-state index contributed by atoms with van der Waals surface area (Å²) < 4.78 is 5.30. The second-order valence-electron chi connectivity index (χ2n) is 8.01. The van der Waals surface area contributed by atoms with Gasteiger partial charge in [0.05, 0.1) is 0 Å². The van der Waals surface area contributed by atoms with Gasteiger partial charge in [-0.1, -0.05) is 25.7 Å². The summed E-state index contributed by atoms with van der Waals surface area (Å²) in [6, 6.07) is 0. The fourth-order valence-electron chi connectivity index (χ4n) is 4.38. The number of halogens is 1. The number of nitrogens with one attached hydrogen (secondary N) is 3. The Morgan fingerprint density at radius 1 is 1.07 bits per heavy atom. The first kappa shape index (κ1) is 24.5. The number of amides is 1. The summed E-state index contributed by atoms with van der Waals surface area (Å²) in [5, 5.41) is 9.81. The van der Waals surface area contributed by atoms with Gasteiger partial charge in [-0.15, -0.1) is 24.0 Å². The molecule has 0 bridgehead atoms. The average molecular weight is 494 g/mol. The van der Waals surface area contributed by atoms with Gasteiger partial charge in [0.1, 0.15) is 0 Å². The third-order valence-electron chi connectivity index (χ3n) is 6.04. The Hall–Kier alpha value is -0.570. The molecule has 0 aromatic rings. The summed E-state index contributed by atoms with van der Waals surface area (Å²) >= 11 is 0. The number of rotatable bonds is 10. The summed E-state index contributed by atoms with van der Waals surface area (Å²) in [6.45, 7) is 3.09. The Bertz CT molecular complexity index is 447. The van der Waals surface area contributed by atoms with Crippen molar-refractivity contribution >= 4 is 35.8 Å². The van der Waals surface area contributed by atoms with Gasteiger partial charge < -0.3 is 20.7 Å². The van der Waals surface area contributed by atoms with Gasteiger partial charge in [0, 0.05) is 46.8 Å². The molecule has 1 amide bonds. The van der Waals surface area contributed by atoms with E-state index in [4.69, 9.17) is 4.74 Å². The molecule has 2 aliphatic carbocycles. The minimum absolute atomic E-state index is 0. The lowest BCUT2D eigenvalue weighted by Crippen LogP contribution is -2.45. The molecule has 3 N–H and O–H groups in total. The molecule has 0 saturated heterocycles. The van der Waals surface area contributed by atoms with Crippen molar-refractivity contribution in [3.8, 4) is 0 Å². The molecule has 2 fully saturated rings. The van der Waals surface area contributed by atoms with Crippen LogP contribution in [0.15, 0.2) is 4.99 Å². The van der Waals surface area contributed by atoms with Crippen LogP contribution < -0.4 is 16.0 Å². The topological polar surface area (TPSA) is 74.8 Å². The highest BCUT2D eigenvalue weighted by atomic mass is 127. The van der Waals surface area contributed by atoms with Crippen LogP contribution in [0.2, 0.25) is 0 Å². The van der Waals surface area contributed by atoms with Crippen molar-refractivity contribution in [2.45, 2.75) is 64.2 Å². The molecule has 0 radical (unpaired) electrons. The molecule has 0 aromatic heterocycles. The van der Waals surface area contributed by atoms with Gasteiger partial charge in [-0.25, -0.2) is 0 Å². The fourth-order valence-corrected chi connectivity index (χ4v) is 4.38. The van der Waals surface area contributed by atoms with E-state index in [2.05, 4.69) is 20.9 Å². The molecular formula is C20H39IN4O2. The highest BCUT2D eigenvalue weighted by molar-refractivity contribution is 14.0. The molecule has 0 aliphatic heterocycles. The standard InChI is InChI=1S/C20H38N4O2.HI/c1-21-19(24-16-20(11-14-26-2)9-5-6-10-20)23-13-12-22-18(25)15-17-7-3-4-8-17;/h17H,3-16H2,1-2H3,(H,22,25)(H2,21,23,24);1H. The molecular weight excluding hydrogens is 455 g/mol. The number of nitrogens with zero attached hydrogens (tertiary/aromatic N) is 1. The van der Waals surface area contributed by atoms with E-state index in [1.807, 2.05) is 0 Å². The number of hydrogen-bond donors (Lipinski definition) is 3. The van der Waals surface area contributed by atoms with E-state index in [0.29, 0.717) is 30.8 Å². The molecule has 0 aromatic carbocycles. The Morgan fingerprint density at radius 3 is 2.37 bits per heavy atom. The minimum atomic E-state index is 0. The van der Waals surface area contributed by atoms with Gasteiger partial charge >= 0.3 is 0 Å². The van der Waals surface area contributed by atoms with Crippen molar-refractivity contribution in [2.24, 2.45) is 16.3 Å². The van der Waals surface area contributed by atoms with Crippen LogP contribution in [0.4, 0.5) is 0 Å². The van der Waals surface area contributed by atoms with Gasteiger partial charge in [-0.2, -0.15) is 0 Å². The zero-order chi connectivity index (χ0) is 18.7. The lowest BCUT2D eigenvalue weighted by molar-refractivity contribution is -0.121. The van der Waals surface area contributed by atoms with Crippen LogP contribution in [0.3, 0.4) is 0 Å². The smallest absolute Gasteiger partial charge is 0.220 e. The van der Waals surface area contributed by atoms with Crippen molar-refractivity contribution in [2.75, 3.05) is 40.4 Å². The molecule has 0 atom stereocenters. The summed E-state index contributed by atoms with van der Waals surface area (Å²) in [5.41, 5.74) is 0.336. The zero-order valence-corrected chi connectivity index (χ0v) is 19.5. The van der Waals surface area contributed by atoms with Crippen LogP contribution in [0.5, 0.6) is 0 Å². The maximum absolute atomic E-state index is 12.0. The van der Waals surface area contributed by atoms with Crippen LogP contribution >= 0.6 is 24.0 Å². The molecule has 0 heterocycles. The zero-order valence-electron chi connectivity index (χ0n) is 17.1. The predicted octanol–water partition coefficient (Wildman–Crippen LogP) is 3.06. The minimum Gasteiger partial charge on any atom is -0.385 e. The Balaban J connectivity index is 0.00000364. The molecule has 7 heteroatoms. The van der Waals surface area contributed by atoms with E-state index in [1.165, 1.54) is 51.4 Å². The van der Waals surface area contributed by atoms with Crippen LogP contribution in [-0.2, 0) is 9.53 Å². The lowest BCUT2D eigenvalue weighted by Gasteiger charge is -2.30. The number of guanidine groups is 1. The largest absolute Gasteiger partial charge is 0.385 e. The predicted molar refractivity (Wildman–Crippen MR) is 122 cm³/mol. The van der Waals surface area contributed by atoms with Crippen molar-refractivity contribution in [1.29, 1.82) is 0 Å². The monoisotopic (exact) mass is 494 g/mol. The Kier molecular flexibility index (Phi) is 12.3. The average Bonchev–Trinajstić information content (AvgIpc) is 3.32. The van der Waals surface area contributed by atoms with Crippen molar-refractivity contribution in [1.82, 2.24) is 16.0 Å². The van der Waals surface area contributed by atoms with E-state index in [9.17, 15) is 4.79 Å². The second-order valence-corrected chi connectivity index (χ2v) is 8.01. The number of carbonyl (C=O) groups excluding carboxylic acids is 1. The van der Waals surface area contributed by atoms with Gasteiger partial charge in [-0.05, 0) is 43.4 Å². The van der Waals surface area contributed by atoms with Crippen LogP contribution in [0.1, 0.15) is 64.2 Å². The third kappa shape index (κ3) is 8.98. The highest BCUT2D eigenvalue weighted by Gasteiger charge is 2.33. The van der Waals surface area contributed by atoms with Crippen LogP contribution in [0.25, 0.3) is 0 Å². The first-order valence-electron chi connectivity index (χ1n) is 10.4. The van der Waals surface area contributed by atoms with Crippen molar-refractivity contribution in [3.05, 3.63) is 0 Å². The first-order chi connectivity index (χ1) is 12.7. The molecule has 0 spiro atoms. The summed E-state index contributed by atoms with van der Waals surface area (Å²) in [5.74, 6) is 1.61. The number of aliphatic imine (C=N–C) groups is 1. The van der Waals surface area contributed by atoms with E-state index < -0.39 is 0 Å². The van der Waals surface area contributed by atoms with E-state index in [-0.39, 0.29) is 29.9 Å².